The lowest BCUT2D eigenvalue weighted by Gasteiger charge is -2.34. The number of nitrogens with zero attached hydrogens (tertiary/aromatic N) is 6. The van der Waals surface area contributed by atoms with E-state index in [4.69, 9.17) is 24.6 Å². The van der Waals surface area contributed by atoms with Gasteiger partial charge in [0.1, 0.15) is 12.3 Å². The van der Waals surface area contributed by atoms with Gasteiger partial charge in [-0.25, -0.2) is 0 Å². The van der Waals surface area contributed by atoms with Crippen molar-refractivity contribution in [3.8, 4) is 22.7 Å². The number of hydrogen-bond acceptors (Lipinski definition) is 6. The van der Waals surface area contributed by atoms with Crippen LogP contribution >= 0.6 is 15.9 Å². The van der Waals surface area contributed by atoms with Crippen molar-refractivity contribution in [2.75, 3.05) is 7.11 Å². The summed E-state index contributed by atoms with van der Waals surface area (Å²) in [4.78, 5) is 1.70. The van der Waals surface area contributed by atoms with E-state index < -0.39 is 18.3 Å². The van der Waals surface area contributed by atoms with Gasteiger partial charge in [0.15, 0.2) is 10.2 Å². The molecule has 294 valence electrons. The standard InChI is InChI=1S/C46H40BrF3N6O2/c1-3-4-24-40-39(41(29-57-2)55(52-40)30-45(48,49)50)28-31-25-26-36-38(27-31)43(47)58-42(36)35-22-14-15-23-37(35)44-51-54-56(53-44)46(32-16-8-5-9-17-32,33-18-10-6-11-19-33)34-20-12-7-13-21-34/h5-23,25-27H,3-4,24,28-30H2,1-2H3. The summed E-state index contributed by atoms with van der Waals surface area (Å²) >= 11 is 3.67. The third-order valence-corrected chi connectivity index (χ3v) is 11.0. The maximum atomic E-state index is 13.6. The summed E-state index contributed by atoms with van der Waals surface area (Å²) in [6.07, 6.45) is -1.75. The number of aromatic nitrogens is 6. The Balaban J connectivity index is 1.20. The third-order valence-electron chi connectivity index (χ3n) is 10.4. The van der Waals surface area contributed by atoms with Crippen molar-refractivity contribution in [3.63, 3.8) is 0 Å². The number of halogens is 4. The number of fused-ring (bicyclic) bond motifs is 1. The van der Waals surface area contributed by atoms with Crippen LogP contribution in [0.4, 0.5) is 13.2 Å². The molecule has 0 spiro atoms. The number of methoxy groups -OCH3 is 1. The minimum Gasteiger partial charge on any atom is -0.448 e. The maximum Gasteiger partial charge on any atom is 0.408 e. The zero-order chi connectivity index (χ0) is 40.3. The third kappa shape index (κ3) is 7.49. The van der Waals surface area contributed by atoms with E-state index in [1.165, 1.54) is 7.11 Å². The maximum absolute atomic E-state index is 13.6. The summed E-state index contributed by atoms with van der Waals surface area (Å²) in [5.74, 6) is 1.03. The molecule has 12 heteroatoms. The van der Waals surface area contributed by atoms with E-state index in [0.717, 1.165) is 67.2 Å². The van der Waals surface area contributed by atoms with Gasteiger partial charge in [0.25, 0.3) is 0 Å². The number of tetrazole rings is 1. The molecular formula is C46H40BrF3N6O2. The summed E-state index contributed by atoms with van der Waals surface area (Å²) < 4.78 is 54.3. The van der Waals surface area contributed by atoms with Gasteiger partial charge in [0.05, 0.1) is 18.0 Å². The molecule has 0 aliphatic carbocycles. The summed E-state index contributed by atoms with van der Waals surface area (Å²) in [6, 6.07) is 44.3. The van der Waals surface area contributed by atoms with Gasteiger partial charge in [0, 0.05) is 41.0 Å². The second-order valence-corrected chi connectivity index (χ2v) is 14.9. The molecule has 0 radical (unpaired) electrons. The summed E-state index contributed by atoms with van der Waals surface area (Å²) in [6.45, 7) is 0.896. The van der Waals surface area contributed by atoms with Crippen molar-refractivity contribution in [3.05, 3.63) is 177 Å². The Morgan fingerprint density at radius 3 is 1.93 bits per heavy atom. The zero-order valence-corrected chi connectivity index (χ0v) is 33.5. The van der Waals surface area contributed by atoms with Crippen LogP contribution in [0.5, 0.6) is 0 Å². The summed E-state index contributed by atoms with van der Waals surface area (Å²) in [5, 5.41) is 20.7. The molecule has 58 heavy (non-hydrogen) atoms. The Kier molecular flexibility index (Phi) is 11.1. The number of alkyl halides is 3. The number of rotatable bonds is 14. The monoisotopic (exact) mass is 844 g/mol. The molecule has 0 bridgehead atoms. The van der Waals surface area contributed by atoms with E-state index in [0.29, 0.717) is 40.5 Å². The molecule has 0 fully saturated rings. The second kappa shape index (κ2) is 16.6. The first-order valence-electron chi connectivity index (χ1n) is 19.1. The molecule has 3 aromatic heterocycles. The van der Waals surface area contributed by atoms with E-state index in [2.05, 4.69) is 57.4 Å². The Morgan fingerprint density at radius 2 is 1.34 bits per heavy atom. The highest BCUT2D eigenvalue weighted by Crippen LogP contribution is 2.43. The minimum atomic E-state index is -4.42. The largest absolute Gasteiger partial charge is 0.448 e. The highest BCUT2D eigenvalue weighted by atomic mass is 79.9. The molecule has 0 amide bonds. The fourth-order valence-corrected chi connectivity index (χ4v) is 8.32. The molecule has 0 unspecified atom stereocenters. The SMILES string of the molecule is CCCCc1nn(CC(F)(F)F)c(COC)c1Cc1ccc2c(-c3ccccc3-c3nnn(C(c4ccccc4)(c4ccccc4)c4ccccc4)n3)oc(Br)c2c1. The molecule has 0 aliphatic heterocycles. The van der Waals surface area contributed by atoms with Crippen LogP contribution < -0.4 is 0 Å². The van der Waals surface area contributed by atoms with Gasteiger partial charge in [-0.05, 0) is 62.3 Å². The quantitative estimate of drug-likeness (QED) is 0.101. The van der Waals surface area contributed by atoms with Crippen molar-refractivity contribution in [2.45, 2.75) is 57.5 Å². The lowest BCUT2D eigenvalue weighted by atomic mass is 9.77. The van der Waals surface area contributed by atoms with Crippen molar-refractivity contribution in [1.82, 2.24) is 30.0 Å². The predicted molar refractivity (Wildman–Crippen MR) is 221 cm³/mol. The lowest BCUT2D eigenvalue weighted by Crippen LogP contribution is -2.39. The van der Waals surface area contributed by atoms with Crippen LogP contribution in [0.1, 0.15) is 59.0 Å². The van der Waals surface area contributed by atoms with E-state index >= 15 is 0 Å². The summed E-state index contributed by atoms with van der Waals surface area (Å²) in [7, 11) is 1.48. The average Bonchev–Trinajstić information content (AvgIpc) is 3.94. The van der Waals surface area contributed by atoms with Crippen LogP contribution in [-0.4, -0.2) is 43.3 Å². The van der Waals surface area contributed by atoms with Gasteiger partial charge < -0.3 is 9.15 Å². The Bertz CT molecular complexity index is 2540. The number of unbranched alkanes of at least 4 members (excludes halogenated alkanes) is 1. The van der Waals surface area contributed by atoms with E-state index in [-0.39, 0.29) is 6.61 Å². The normalized spacial score (nSPS) is 12.1. The van der Waals surface area contributed by atoms with Crippen LogP contribution in [-0.2, 0) is 36.3 Å². The van der Waals surface area contributed by atoms with Gasteiger partial charge in [-0.3, -0.25) is 4.68 Å². The Hall–Kier alpha value is -5.85. The van der Waals surface area contributed by atoms with Crippen molar-refractivity contribution in [1.29, 1.82) is 0 Å². The fourth-order valence-electron chi connectivity index (χ4n) is 7.83. The fraction of sp³-hybridized carbons (Fsp3) is 0.217. The zero-order valence-electron chi connectivity index (χ0n) is 32.0. The molecule has 8 aromatic rings. The highest BCUT2D eigenvalue weighted by Gasteiger charge is 2.41. The van der Waals surface area contributed by atoms with Gasteiger partial charge in [0.2, 0.25) is 5.82 Å². The molecule has 0 atom stereocenters. The molecule has 0 saturated heterocycles. The Morgan fingerprint density at radius 1 is 0.741 bits per heavy atom. The molecule has 0 aliphatic rings. The molecule has 0 N–H and O–H groups in total. The first-order valence-corrected chi connectivity index (χ1v) is 19.9. The van der Waals surface area contributed by atoms with Gasteiger partial charge >= 0.3 is 6.18 Å². The molecule has 8 rings (SSSR count). The van der Waals surface area contributed by atoms with E-state index in [1.807, 2.05) is 104 Å². The van der Waals surface area contributed by atoms with Crippen LogP contribution in [0.25, 0.3) is 33.5 Å². The minimum absolute atomic E-state index is 0.0188. The van der Waals surface area contributed by atoms with Crippen molar-refractivity contribution < 1.29 is 22.3 Å². The smallest absolute Gasteiger partial charge is 0.408 e. The Labute approximate surface area is 342 Å². The number of benzene rings is 5. The predicted octanol–water partition coefficient (Wildman–Crippen LogP) is 11.2. The van der Waals surface area contributed by atoms with Crippen LogP contribution in [0.15, 0.2) is 143 Å². The van der Waals surface area contributed by atoms with Crippen molar-refractivity contribution in [2.24, 2.45) is 0 Å². The number of ether oxygens (including phenoxy) is 1. The molecule has 3 heterocycles. The molecule has 5 aromatic carbocycles. The van der Waals surface area contributed by atoms with Gasteiger partial charge in [-0.15, -0.1) is 15.0 Å². The first kappa shape index (κ1) is 39.0. The van der Waals surface area contributed by atoms with Crippen LogP contribution in [0.2, 0.25) is 0 Å². The van der Waals surface area contributed by atoms with Crippen LogP contribution in [0.3, 0.4) is 0 Å². The molecular weight excluding hydrogens is 805 g/mol. The van der Waals surface area contributed by atoms with E-state index in [1.54, 1.807) is 4.80 Å². The average molecular weight is 846 g/mol. The highest BCUT2D eigenvalue weighted by molar-refractivity contribution is 9.10. The number of aryl methyl sites for hydroxylation is 1. The topological polar surface area (TPSA) is 83.8 Å². The van der Waals surface area contributed by atoms with Crippen molar-refractivity contribution >= 4 is 26.7 Å². The number of furan rings is 1. The van der Waals surface area contributed by atoms with Gasteiger partial charge in [-0.1, -0.05) is 141 Å². The second-order valence-electron chi connectivity index (χ2n) is 14.2. The molecule has 8 nitrogen and oxygen atoms in total. The number of hydrogen-bond donors (Lipinski definition) is 0. The summed E-state index contributed by atoms with van der Waals surface area (Å²) in [5.41, 5.74) is 6.24. The van der Waals surface area contributed by atoms with Gasteiger partial charge in [-0.2, -0.15) is 18.3 Å². The first-order chi connectivity index (χ1) is 28.2. The molecule has 0 saturated carbocycles. The van der Waals surface area contributed by atoms with Crippen LogP contribution in [0, 0.1) is 0 Å². The lowest BCUT2D eigenvalue weighted by molar-refractivity contribution is -0.143. The van der Waals surface area contributed by atoms with E-state index in [9.17, 15) is 13.2 Å².